The van der Waals surface area contributed by atoms with Gasteiger partial charge in [-0.1, -0.05) is 18.2 Å². The van der Waals surface area contributed by atoms with Gasteiger partial charge in [0.2, 0.25) is 0 Å². The highest BCUT2D eigenvalue weighted by atomic mass is 16.5. The van der Waals surface area contributed by atoms with Crippen molar-refractivity contribution in [3.05, 3.63) is 35.6 Å². The lowest BCUT2D eigenvalue weighted by molar-refractivity contribution is -0.148. The molecule has 1 N–H and O–H groups in total. The van der Waals surface area contributed by atoms with Gasteiger partial charge in [-0.05, 0) is 18.6 Å². The highest BCUT2D eigenvalue weighted by molar-refractivity contribution is 5.82. The summed E-state index contributed by atoms with van der Waals surface area (Å²) in [6, 6.07) is 7.65. The molecule has 2 rings (SSSR count). The van der Waals surface area contributed by atoms with Crippen molar-refractivity contribution in [2.24, 2.45) is 0 Å². The molecular weight excluding hydrogens is 220 g/mol. The number of benzene rings is 1. The number of rotatable bonds is 4. The molecule has 0 aliphatic heterocycles. The Kier molecular flexibility index (Phi) is 3.15. The number of methoxy groups -OCH3 is 1. The van der Waals surface area contributed by atoms with Crippen LogP contribution in [0.4, 0.5) is 0 Å². The zero-order chi connectivity index (χ0) is 12.4. The third kappa shape index (κ3) is 2.17. The molecule has 0 aliphatic carbocycles. The molecule has 2 aromatic rings. The van der Waals surface area contributed by atoms with Gasteiger partial charge < -0.3 is 14.3 Å². The van der Waals surface area contributed by atoms with Gasteiger partial charge in [-0.3, -0.25) is 0 Å². The summed E-state index contributed by atoms with van der Waals surface area (Å²) in [4.78, 5) is 10.9. The molecule has 1 atom stereocenters. The van der Waals surface area contributed by atoms with Crippen molar-refractivity contribution >= 4 is 16.9 Å². The number of aliphatic carboxylic acids is 1. The van der Waals surface area contributed by atoms with Gasteiger partial charge in [0.25, 0.3) is 0 Å². The molecule has 0 aliphatic rings. The van der Waals surface area contributed by atoms with E-state index in [1.807, 2.05) is 31.2 Å². The molecule has 1 aromatic heterocycles. The Bertz CT molecular complexity index is 541. The second kappa shape index (κ2) is 4.59. The maximum atomic E-state index is 10.9. The minimum Gasteiger partial charge on any atom is -0.479 e. The van der Waals surface area contributed by atoms with Gasteiger partial charge in [-0.2, -0.15) is 0 Å². The Morgan fingerprint density at radius 3 is 2.76 bits per heavy atom. The van der Waals surface area contributed by atoms with Gasteiger partial charge >= 0.3 is 5.97 Å². The zero-order valence-corrected chi connectivity index (χ0v) is 9.77. The molecule has 0 amide bonds. The molecular formula is C13H14O4. The predicted molar refractivity (Wildman–Crippen MR) is 63.1 cm³/mol. The van der Waals surface area contributed by atoms with Crippen molar-refractivity contribution in [1.29, 1.82) is 0 Å². The van der Waals surface area contributed by atoms with Crippen molar-refractivity contribution in [3.8, 4) is 0 Å². The number of furan rings is 1. The molecule has 90 valence electrons. The molecule has 1 heterocycles. The maximum absolute atomic E-state index is 10.9. The molecule has 0 saturated carbocycles. The molecule has 0 saturated heterocycles. The van der Waals surface area contributed by atoms with Crippen LogP contribution in [-0.2, 0) is 16.0 Å². The molecule has 0 radical (unpaired) electrons. The van der Waals surface area contributed by atoms with Gasteiger partial charge in [0.15, 0.2) is 6.10 Å². The first-order chi connectivity index (χ1) is 8.13. The number of carboxylic acid groups (broad SMARTS) is 1. The van der Waals surface area contributed by atoms with Crippen molar-refractivity contribution < 1.29 is 19.1 Å². The minimum absolute atomic E-state index is 0.242. The highest BCUT2D eigenvalue weighted by Gasteiger charge is 2.21. The summed E-state index contributed by atoms with van der Waals surface area (Å²) in [6.45, 7) is 1.93. The fraction of sp³-hybridized carbons (Fsp3) is 0.308. The second-order valence-electron chi connectivity index (χ2n) is 3.91. The van der Waals surface area contributed by atoms with Gasteiger partial charge in [-0.15, -0.1) is 0 Å². The van der Waals surface area contributed by atoms with Gasteiger partial charge in [0, 0.05) is 18.9 Å². The van der Waals surface area contributed by atoms with Crippen LogP contribution in [-0.4, -0.2) is 24.3 Å². The van der Waals surface area contributed by atoms with Gasteiger partial charge in [0.1, 0.15) is 11.3 Å². The normalized spacial score (nSPS) is 12.8. The van der Waals surface area contributed by atoms with Crippen molar-refractivity contribution in [2.45, 2.75) is 19.4 Å². The Labute approximate surface area is 98.8 Å². The van der Waals surface area contributed by atoms with Crippen LogP contribution < -0.4 is 0 Å². The average molecular weight is 234 g/mol. The van der Waals surface area contributed by atoms with Crippen LogP contribution in [0, 0.1) is 6.92 Å². The van der Waals surface area contributed by atoms with Crippen molar-refractivity contribution in [3.63, 3.8) is 0 Å². The highest BCUT2D eigenvalue weighted by Crippen LogP contribution is 2.26. The molecule has 0 bridgehead atoms. The second-order valence-corrected chi connectivity index (χ2v) is 3.91. The summed E-state index contributed by atoms with van der Waals surface area (Å²) < 4.78 is 10.5. The molecule has 0 fully saturated rings. The van der Waals surface area contributed by atoms with Crippen LogP contribution >= 0.6 is 0 Å². The summed E-state index contributed by atoms with van der Waals surface area (Å²) in [5, 5.41) is 9.95. The molecule has 4 nitrogen and oxygen atoms in total. The Balaban J connectivity index is 2.36. The molecule has 1 aromatic carbocycles. The van der Waals surface area contributed by atoms with E-state index in [9.17, 15) is 4.79 Å². The quantitative estimate of drug-likeness (QED) is 0.882. The minimum atomic E-state index is -0.979. The summed E-state index contributed by atoms with van der Waals surface area (Å²) >= 11 is 0. The number of hydrogen-bond donors (Lipinski definition) is 1. The maximum Gasteiger partial charge on any atom is 0.333 e. The fourth-order valence-corrected chi connectivity index (χ4v) is 1.86. The number of aryl methyl sites for hydroxylation is 1. The number of carboxylic acids is 1. The summed E-state index contributed by atoms with van der Waals surface area (Å²) in [5.74, 6) is -0.312. The van der Waals surface area contributed by atoms with Crippen molar-refractivity contribution in [1.82, 2.24) is 0 Å². The fourth-order valence-electron chi connectivity index (χ4n) is 1.86. The molecule has 0 spiro atoms. The summed E-state index contributed by atoms with van der Waals surface area (Å²) in [5.41, 5.74) is 1.75. The SMILES string of the molecule is COC(Cc1oc2ccccc2c1C)C(=O)O. The van der Waals surface area contributed by atoms with E-state index in [2.05, 4.69) is 0 Å². The standard InChI is InChI=1S/C13H14O4/c1-8-9-5-3-4-6-10(9)17-11(8)7-12(16-2)13(14)15/h3-6,12H,7H2,1-2H3,(H,14,15). The van der Waals surface area contributed by atoms with E-state index in [1.54, 1.807) is 0 Å². The van der Waals surface area contributed by atoms with E-state index in [-0.39, 0.29) is 6.42 Å². The van der Waals surface area contributed by atoms with E-state index in [0.717, 1.165) is 16.5 Å². The van der Waals surface area contributed by atoms with Gasteiger partial charge in [-0.25, -0.2) is 4.79 Å². The Morgan fingerprint density at radius 2 is 2.18 bits per heavy atom. The third-order valence-electron chi connectivity index (χ3n) is 2.87. The van der Waals surface area contributed by atoms with Crippen LogP contribution in [0.2, 0.25) is 0 Å². The number of carbonyl (C=O) groups is 1. The first kappa shape index (κ1) is 11.7. The van der Waals surface area contributed by atoms with Crippen LogP contribution in [0.25, 0.3) is 11.0 Å². The van der Waals surface area contributed by atoms with E-state index >= 15 is 0 Å². The topological polar surface area (TPSA) is 59.7 Å². The van der Waals surface area contributed by atoms with Crippen molar-refractivity contribution in [2.75, 3.05) is 7.11 Å². The Morgan fingerprint density at radius 1 is 1.47 bits per heavy atom. The van der Waals surface area contributed by atoms with E-state index in [4.69, 9.17) is 14.3 Å². The smallest absolute Gasteiger partial charge is 0.333 e. The van der Waals surface area contributed by atoms with Crippen LogP contribution in [0.1, 0.15) is 11.3 Å². The number of fused-ring (bicyclic) bond motifs is 1. The Hall–Kier alpha value is -1.81. The lowest BCUT2D eigenvalue weighted by Crippen LogP contribution is -2.24. The number of hydrogen-bond acceptors (Lipinski definition) is 3. The van der Waals surface area contributed by atoms with Crippen LogP contribution in [0.5, 0.6) is 0 Å². The van der Waals surface area contributed by atoms with Crippen LogP contribution in [0.15, 0.2) is 28.7 Å². The zero-order valence-electron chi connectivity index (χ0n) is 9.77. The average Bonchev–Trinajstić information content (AvgIpc) is 2.63. The monoisotopic (exact) mass is 234 g/mol. The first-order valence-electron chi connectivity index (χ1n) is 5.36. The van der Waals surface area contributed by atoms with E-state index in [1.165, 1.54) is 7.11 Å². The predicted octanol–water partition coefficient (Wildman–Crippen LogP) is 2.38. The molecule has 1 unspecified atom stereocenters. The number of ether oxygens (including phenoxy) is 1. The lowest BCUT2D eigenvalue weighted by atomic mass is 10.1. The van der Waals surface area contributed by atoms with Crippen LogP contribution in [0.3, 0.4) is 0 Å². The summed E-state index contributed by atoms with van der Waals surface area (Å²) in [6.07, 6.45) is -0.624. The van der Waals surface area contributed by atoms with E-state index < -0.39 is 12.1 Å². The van der Waals surface area contributed by atoms with E-state index in [0.29, 0.717) is 5.76 Å². The molecule has 17 heavy (non-hydrogen) atoms. The first-order valence-corrected chi connectivity index (χ1v) is 5.36. The third-order valence-corrected chi connectivity index (χ3v) is 2.87. The number of para-hydroxylation sites is 1. The van der Waals surface area contributed by atoms with Gasteiger partial charge in [0.05, 0.1) is 0 Å². The molecule has 4 heteroatoms. The lowest BCUT2D eigenvalue weighted by Gasteiger charge is -2.08. The summed E-state index contributed by atoms with van der Waals surface area (Å²) in [7, 11) is 1.39. The largest absolute Gasteiger partial charge is 0.479 e.